The summed E-state index contributed by atoms with van der Waals surface area (Å²) in [6, 6.07) is 0.360. The van der Waals surface area contributed by atoms with Gasteiger partial charge < -0.3 is 25.0 Å². The number of nitrogens with two attached hydrogens (primary N) is 1. The Kier molecular flexibility index (Phi) is 4.34. The lowest BCUT2D eigenvalue weighted by Gasteiger charge is -2.29. The monoisotopic (exact) mass is 453 g/mol. The number of ether oxygens (including phenoxy) is 1. The summed E-state index contributed by atoms with van der Waals surface area (Å²) in [5.41, 5.74) is 4.75. The van der Waals surface area contributed by atoms with Gasteiger partial charge in [-0.2, -0.15) is 0 Å². The van der Waals surface area contributed by atoms with Crippen LogP contribution in [0.3, 0.4) is 0 Å². The maximum Gasteiger partial charge on any atom is 0.341 e. The molecular weight excluding hydrogens is 432 g/mol. The molecule has 2 aromatic rings. The fourth-order valence-electron chi connectivity index (χ4n) is 5.26. The van der Waals surface area contributed by atoms with E-state index < -0.39 is 45.4 Å². The molecule has 2 saturated carbocycles. The summed E-state index contributed by atoms with van der Waals surface area (Å²) in [4.78, 5) is 25.4. The number of hydrogen-bond donors (Lipinski definition) is 2. The van der Waals surface area contributed by atoms with E-state index in [1.165, 1.54) is 11.7 Å². The number of rotatable bonds is 4. The first kappa shape index (κ1) is 20.5. The van der Waals surface area contributed by atoms with Crippen LogP contribution in [0.4, 0.5) is 14.5 Å². The molecule has 31 heavy (non-hydrogen) atoms. The van der Waals surface area contributed by atoms with Crippen molar-refractivity contribution < 1.29 is 23.4 Å². The van der Waals surface area contributed by atoms with Gasteiger partial charge in [0.15, 0.2) is 11.6 Å². The highest BCUT2D eigenvalue weighted by Gasteiger charge is 2.58. The molecule has 3 fully saturated rings. The molecule has 10 heteroatoms. The molecule has 166 valence electrons. The minimum Gasteiger partial charge on any atom is -0.492 e. The number of pyridine rings is 1. The largest absolute Gasteiger partial charge is 0.492 e. The van der Waals surface area contributed by atoms with Gasteiger partial charge >= 0.3 is 5.97 Å². The highest BCUT2D eigenvalue weighted by molar-refractivity contribution is 6.26. The third-order valence-corrected chi connectivity index (χ3v) is 7.67. The van der Waals surface area contributed by atoms with Gasteiger partial charge in [0, 0.05) is 25.7 Å². The average Bonchev–Trinajstić information content (AvgIpc) is 3.26. The Morgan fingerprint density at radius 2 is 2.10 bits per heavy atom. The SMILES string of the molecule is COc1c(N2C[C@]3(N)CCC[C@]3(Cl)C2)c(F)cc2c(=O)c(C(=O)O)cn([C@@H]3C[C@@H]3F)c12. The number of benzene rings is 1. The zero-order valence-electron chi connectivity index (χ0n) is 16.8. The summed E-state index contributed by atoms with van der Waals surface area (Å²) in [6.07, 6.45) is 2.42. The van der Waals surface area contributed by atoms with E-state index in [2.05, 4.69) is 0 Å². The summed E-state index contributed by atoms with van der Waals surface area (Å²) < 4.78 is 36.3. The number of carboxylic acids is 1. The predicted molar refractivity (Wildman–Crippen MR) is 112 cm³/mol. The highest BCUT2D eigenvalue weighted by Crippen LogP contribution is 2.52. The second-order valence-corrected chi connectivity index (χ2v) is 9.59. The van der Waals surface area contributed by atoms with Crippen LogP contribution in [0, 0.1) is 5.82 Å². The second-order valence-electron chi connectivity index (χ2n) is 8.87. The summed E-state index contributed by atoms with van der Waals surface area (Å²) in [5, 5.41) is 9.25. The van der Waals surface area contributed by atoms with Crippen LogP contribution >= 0.6 is 11.6 Å². The van der Waals surface area contributed by atoms with Gasteiger partial charge in [0.1, 0.15) is 17.4 Å². The molecular formula is C21H22ClF2N3O4. The zero-order valence-corrected chi connectivity index (χ0v) is 17.6. The van der Waals surface area contributed by atoms with Gasteiger partial charge in [-0.05, 0) is 25.3 Å². The van der Waals surface area contributed by atoms with Crippen LogP contribution in [0.5, 0.6) is 5.75 Å². The van der Waals surface area contributed by atoms with Crippen LogP contribution in [0.15, 0.2) is 17.1 Å². The Balaban J connectivity index is 1.77. The predicted octanol–water partition coefficient (Wildman–Crippen LogP) is 2.81. The van der Waals surface area contributed by atoms with Crippen LogP contribution in [-0.4, -0.2) is 52.4 Å². The summed E-state index contributed by atoms with van der Waals surface area (Å²) >= 11 is 6.81. The Morgan fingerprint density at radius 3 is 2.68 bits per heavy atom. The molecule has 1 aromatic heterocycles. The Hall–Kier alpha value is -2.39. The quantitative estimate of drug-likeness (QED) is 0.691. The molecule has 0 amide bonds. The molecule has 4 atom stereocenters. The molecule has 1 aromatic carbocycles. The normalized spacial score (nSPS) is 31.8. The lowest BCUT2D eigenvalue weighted by molar-refractivity contribution is 0.0694. The van der Waals surface area contributed by atoms with Gasteiger partial charge in [-0.1, -0.05) is 0 Å². The summed E-state index contributed by atoms with van der Waals surface area (Å²) in [6.45, 7) is 0.609. The molecule has 2 heterocycles. The number of alkyl halides is 2. The van der Waals surface area contributed by atoms with E-state index in [1.807, 2.05) is 0 Å². The van der Waals surface area contributed by atoms with Crippen molar-refractivity contribution in [2.45, 2.75) is 48.3 Å². The van der Waals surface area contributed by atoms with Crippen LogP contribution in [0.25, 0.3) is 10.9 Å². The van der Waals surface area contributed by atoms with Gasteiger partial charge in [-0.25, -0.2) is 13.6 Å². The zero-order chi connectivity index (χ0) is 22.3. The second kappa shape index (κ2) is 6.56. The molecule has 0 bridgehead atoms. The van der Waals surface area contributed by atoms with E-state index in [-0.39, 0.29) is 28.8 Å². The summed E-state index contributed by atoms with van der Waals surface area (Å²) in [5.74, 6) is -2.15. The van der Waals surface area contributed by atoms with Crippen LogP contribution in [-0.2, 0) is 0 Å². The summed E-state index contributed by atoms with van der Waals surface area (Å²) in [7, 11) is 1.34. The van der Waals surface area contributed by atoms with Crippen molar-refractivity contribution in [1.82, 2.24) is 4.57 Å². The van der Waals surface area contributed by atoms with Crippen LogP contribution in [0.2, 0.25) is 0 Å². The fourth-order valence-corrected chi connectivity index (χ4v) is 5.69. The van der Waals surface area contributed by atoms with Crippen molar-refractivity contribution in [2.75, 3.05) is 25.1 Å². The van der Waals surface area contributed by atoms with E-state index >= 15 is 4.39 Å². The van der Waals surface area contributed by atoms with Gasteiger partial charge in [0.25, 0.3) is 0 Å². The molecule has 3 aliphatic rings. The molecule has 0 radical (unpaired) electrons. The van der Waals surface area contributed by atoms with Crippen LogP contribution in [0.1, 0.15) is 42.1 Å². The Morgan fingerprint density at radius 1 is 1.39 bits per heavy atom. The number of nitrogens with zero attached hydrogens (tertiary/aromatic N) is 2. The van der Waals surface area contributed by atoms with Crippen molar-refractivity contribution in [2.24, 2.45) is 5.73 Å². The maximum absolute atomic E-state index is 15.4. The molecule has 0 spiro atoms. The van der Waals surface area contributed by atoms with E-state index in [0.717, 1.165) is 18.7 Å². The smallest absolute Gasteiger partial charge is 0.341 e. The first-order valence-corrected chi connectivity index (χ1v) is 10.5. The van der Waals surface area contributed by atoms with E-state index in [9.17, 15) is 19.1 Å². The van der Waals surface area contributed by atoms with Crippen molar-refractivity contribution >= 4 is 34.2 Å². The third-order valence-electron chi connectivity index (χ3n) is 6.99. The maximum atomic E-state index is 15.4. The highest BCUT2D eigenvalue weighted by atomic mass is 35.5. The van der Waals surface area contributed by atoms with Crippen molar-refractivity contribution in [3.8, 4) is 5.75 Å². The average molecular weight is 454 g/mol. The third kappa shape index (κ3) is 2.79. The van der Waals surface area contributed by atoms with Gasteiger partial charge in [-0.15, -0.1) is 11.6 Å². The van der Waals surface area contributed by atoms with Crippen molar-refractivity contribution in [3.63, 3.8) is 0 Å². The number of fused-ring (bicyclic) bond motifs is 2. The number of methoxy groups -OCH3 is 1. The fraction of sp³-hybridized carbons (Fsp3) is 0.524. The molecule has 2 aliphatic carbocycles. The van der Waals surface area contributed by atoms with E-state index in [4.69, 9.17) is 22.1 Å². The number of aromatic nitrogens is 1. The number of anilines is 1. The Labute approximate surface area is 181 Å². The lowest BCUT2D eigenvalue weighted by atomic mass is 9.91. The molecule has 1 aliphatic heterocycles. The molecule has 3 N–H and O–H groups in total. The van der Waals surface area contributed by atoms with E-state index in [1.54, 1.807) is 4.90 Å². The Bertz CT molecular complexity index is 1170. The molecule has 7 nitrogen and oxygen atoms in total. The number of carbonyl (C=O) groups is 1. The van der Waals surface area contributed by atoms with Gasteiger partial charge in [0.05, 0.1) is 34.5 Å². The number of carboxylic acid groups (broad SMARTS) is 1. The standard InChI is InChI=1S/C21H22ClF2N3O4/c1-31-18-15-10(17(28)11(19(29)30)7-27(15)14-6-12(14)23)5-13(24)16(18)26-8-20(22)3-2-4-21(20,25)9-26/h5,7,12,14H,2-4,6,8-9,25H2,1H3,(H,29,30)/t12-,14+,20-,21+/m0/s1. The number of halogens is 3. The minimum absolute atomic E-state index is 0.0481. The lowest BCUT2D eigenvalue weighted by Crippen LogP contribution is -2.52. The van der Waals surface area contributed by atoms with E-state index in [0.29, 0.717) is 25.9 Å². The van der Waals surface area contributed by atoms with Crippen molar-refractivity contribution in [3.05, 3.63) is 33.9 Å². The first-order valence-electron chi connectivity index (χ1n) is 10.2. The molecule has 0 unspecified atom stereocenters. The number of hydrogen-bond acceptors (Lipinski definition) is 5. The first-order chi connectivity index (χ1) is 14.6. The number of aromatic carboxylic acids is 1. The topological polar surface area (TPSA) is 97.8 Å². The van der Waals surface area contributed by atoms with Crippen LogP contribution < -0.4 is 20.8 Å². The van der Waals surface area contributed by atoms with Gasteiger partial charge in [0.2, 0.25) is 5.43 Å². The minimum atomic E-state index is -1.46. The van der Waals surface area contributed by atoms with Gasteiger partial charge in [-0.3, -0.25) is 4.79 Å². The molecule has 1 saturated heterocycles. The molecule has 5 rings (SSSR count). The van der Waals surface area contributed by atoms with Crippen molar-refractivity contribution in [1.29, 1.82) is 0 Å².